The van der Waals surface area contributed by atoms with E-state index < -0.39 is 54.6 Å². The number of ether oxygens (including phenoxy) is 6. The predicted molar refractivity (Wildman–Crippen MR) is 121 cm³/mol. The van der Waals surface area contributed by atoms with Gasteiger partial charge in [0.2, 0.25) is 0 Å². The molecule has 0 aromatic heterocycles. The third-order valence-electron chi connectivity index (χ3n) is 5.23. The summed E-state index contributed by atoms with van der Waals surface area (Å²) in [4.78, 5) is 47.1. The summed E-state index contributed by atoms with van der Waals surface area (Å²) in [7, 11) is 0. The van der Waals surface area contributed by atoms with Gasteiger partial charge in [-0.15, -0.1) is 0 Å². The quantitative estimate of drug-likeness (QED) is 0.404. The predicted octanol–water partition coefficient (Wildman–Crippen LogP) is 2.44. The summed E-state index contributed by atoms with van der Waals surface area (Å²) in [6.45, 7) is 4.47. The van der Waals surface area contributed by atoms with Gasteiger partial charge in [-0.3, -0.25) is 19.2 Å². The van der Waals surface area contributed by atoms with Gasteiger partial charge in [0.1, 0.15) is 12.7 Å². The third kappa shape index (κ3) is 7.00. The molecule has 0 bridgehead atoms. The van der Waals surface area contributed by atoms with E-state index in [9.17, 15) is 19.2 Å². The number of rotatable bonds is 8. The minimum absolute atomic E-state index is 0.0646. The topological polar surface area (TPSA) is 124 Å². The Balaban J connectivity index is 1.94. The number of hydrogen-bond donors (Lipinski definition) is 0. The van der Waals surface area contributed by atoms with E-state index in [1.165, 1.54) is 13.8 Å². The van der Waals surface area contributed by atoms with Crippen LogP contribution in [0.2, 0.25) is 0 Å². The average Bonchev–Trinajstić information content (AvgIpc) is 2.78. The Morgan fingerprint density at radius 3 is 2.00 bits per heavy atom. The van der Waals surface area contributed by atoms with Gasteiger partial charge in [0, 0.05) is 27.7 Å². The number of fused-ring (bicyclic) bond motifs is 1. The monoisotopic (exact) mass is 488 g/mol. The van der Waals surface area contributed by atoms with E-state index in [2.05, 4.69) is 0 Å². The number of esters is 4. The maximum atomic E-state index is 11.9. The molecule has 0 unspecified atom stereocenters. The van der Waals surface area contributed by atoms with Crippen molar-refractivity contribution in [2.24, 2.45) is 0 Å². The second kappa shape index (κ2) is 11.8. The van der Waals surface area contributed by atoms with Gasteiger partial charge in [-0.1, -0.05) is 42.5 Å². The van der Waals surface area contributed by atoms with Crippen molar-refractivity contribution >= 4 is 34.6 Å². The van der Waals surface area contributed by atoms with Crippen molar-refractivity contribution in [2.75, 3.05) is 6.61 Å². The first-order chi connectivity index (χ1) is 16.7. The van der Waals surface area contributed by atoms with Crippen LogP contribution >= 0.6 is 0 Å². The van der Waals surface area contributed by atoms with Gasteiger partial charge in [-0.2, -0.15) is 0 Å². The first kappa shape index (κ1) is 26.1. The fraction of sp³-hybridized carbons (Fsp3) is 0.440. The fourth-order valence-electron chi connectivity index (χ4n) is 3.91. The van der Waals surface area contributed by atoms with E-state index in [1.807, 2.05) is 42.5 Å². The van der Waals surface area contributed by atoms with E-state index in [0.717, 1.165) is 30.2 Å². The zero-order valence-electron chi connectivity index (χ0n) is 19.9. The second-order valence-corrected chi connectivity index (χ2v) is 8.02. The zero-order chi connectivity index (χ0) is 25.5. The summed E-state index contributed by atoms with van der Waals surface area (Å²) in [5, 5.41) is 1.97. The van der Waals surface area contributed by atoms with Crippen LogP contribution < -0.4 is 0 Å². The highest BCUT2D eigenvalue weighted by molar-refractivity contribution is 5.85. The van der Waals surface area contributed by atoms with Crippen LogP contribution in [0.4, 0.5) is 0 Å². The smallest absolute Gasteiger partial charge is 0.303 e. The van der Waals surface area contributed by atoms with Gasteiger partial charge in [-0.05, 0) is 16.3 Å². The van der Waals surface area contributed by atoms with Crippen molar-refractivity contribution in [2.45, 2.75) is 65.0 Å². The van der Waals surface area contributed by atoms with Gasteiger partial charge in [0.05, 0.1) is 6.61 Å². The summed E-state index contributed by atoms with van der Waals surface area (Å²) >= 11 is 0. The largest absolute Gasteiger partial charge is 0.463 e. The Labute approximate surface area is 202 Å². The van der Waals surface area contributed by atoms with Crippen LogP contribution in [0.25, 0.3) is 10.8 Å². The molecule has 1 saturated heterocycles. The molecule has 0 spiro atoms. The standard InChI is InChI=1S/C25H28O10/c1-14(26)30-13-21-22(32-15(2)27)23(33-16(3)28)24(34-17(4)29)25(35-21)31-12-19-10-7-9-18-8-5-6-11-20(18)19/h5-11,21-25H,12-13H2,1-4H3/t21-,22-,23+,24+,25+/m1/s1. The molecule has 0 aliphatic carbocycles. The normalized spacial score (nSPS) is 23.8. The summed E-state index contributed by atoms with van der Waals surface area (Å²) in [5.41, 5.74) is 0.843. The molecule has 0 amide bonds. The Hall–Kier alpha value is -3.50. The van der Waals surface area contributed by atoms with Gasteiger partial charge in [-0.25, -0.2) is 0 Å². The number of hydrogen-bond acceptors (Lipinski definition) is 10. The van der Waals surface area contributed by atoms with E-state index in [-0.39, 0.29) is 13.2 Å². The van der Waals surface area contributed by atoms with Gasteiger partial charge < -0.3 is 28.4 Å². The number of benzene rings is 2. The highest BCUT2D eigenvalue weighted by Crippen LogP contribution is 2.31. The molecule has 1 aliphatic heterocycles. The Morgan fingerprint density at radius 1 is 0.743 bits per heavy atom. The molecule has 5 atom stereocenters. The van der Waals surface area contributed by atoms with E-state index in [0.29, 0.717) is 0 Å². The number of carbonyl (C=O) groups is 4. The van der Waals surface area contributed by atoms with Crippen LogP contribution in [0.3, 0.4) is 0 Å². The maximum Gasteiger partial charge on any atom is 0.303 e. The molecule has 0 N–H and O–H groups in total. The Kier molecular flexibility index (Phi) is 8.78. The Morgan fingerprint density at radius 2 is 1.34 bits per heavy atom. The van der Waals surface area contributed by atoms with Gasteiger partial charge >= 0.3 is 23.9 Å². The SMILES string of the molecule is CC(=O)OC[C@H]1O[C@H](OCc2cccc3ccccc23)[C@@H](OC(C)=O)[C@@H](OC(C)=O)[C@@H]1OC(C)=O. The zero-order valence-corrected chi connectivity index (χ0v) is 19.9. The molecule has 0 radical (unpaired) electrons. The lowest BCUT2D eigenvalue weighted by Crippen LogP contribution is -2.62. The first-order valence-electron chi connectivity index (χ1n) is 11.0. The van der Waals surface area contributed by atoms with Crippen LogP contribution in [0.5, 0.6) is 0 Å². The number of carbonyl (C=O) groups excluding carboxylic acids is 4. The van der Waals surface area contributed by atoms with Gasteiger partial charge in [0.25, 0.3) is 0 Å². The molecule has 1 fully saturated rings. The molecular formula is C25H28O10. The van der Waals surface area contributed by atoms with Crippen LogP contribution in [0, 0.1) is 0 Å². The van der Waals surface area contributed by atoms with Crippen molar-refractivity contribution in [3.63, 3.8) is 0 Å². The van der Waals surface area contributed by atoms with E-state index in [1.54, 1.807) is 0 Å². The molecule has 10 heteroatoms. The molecule has 2 aromatic carbocycles. The maximum absolute atomic E-state index is 11.9. The van der Waals surface area contributed by atoms with Gasteiger partial charge in [0.15, 0.2) is 24.6 Å². The molecule has 1 heterocycles. The average molecular weight is 488 g/mol. The van der Waals surface area contributed by atoms with Crippen molar-refractivity contribution in [1.29, 1.82) is 0 Å². The van der Waals surface area contributed by atoms with Crippen LogP contribution in [0.15, 0.2) is 42.5 Å². The van der Waals surface area contributed by atoms with Crippen molar-refractivity contribution < 1.29 is 47.6 Å². The molecule has 1 aliphatic rings. The summed E-state index contributed by atoms with van der Waals surface area (Å²) < 4.78 is 33.2. The molecule has 2 aromatic rings. The lowest BCUT2D eigenvalue weighted by atomic mass is 9.98. The molecular weight excluding hydrogens is 460 g/mol. The molecule has 0 saturated carbocycles. The molecule has 10 nitrogen and oxygen atoms in total. The fourth-order valence-corrected chi connectivity index (χ4v) is 3.91. The lowest BCUT2D eigenvalue weighted by molar-refractivity contribution is -0.310. The van der Waals surface area contributed by atoms with Crippen LogP contribution in [0.1, 0.15) is 33.3 Å². The molecule has 3 rings (SSSR count). The first-order valence-corrected chi connectivity index (χ1v) is 11.0. The van der Waals surface area contributed by atoms with Crippen LogP contribution in [-0.4, -0.2) is 61.2 Å². The van der Waals surface area contributed by atoms with Crippen molar-refractivity contribution in [1.82, 2.24) is 0 Å². The van der Waals surface area contributed by atoms with Crippen LogP contribution in [-0.2, 0) is 54.2 Å². The molecule has 35 heavy (non-hydrogen) atoms. The highest BCUT2D eigenvalue weighted by atomic mass is 16.7. The van der Waals surface area contributed by atoms with Crippen molar-refractivity contribution in [3.05, 3.63) is 48.0 Å². The van der Waals surface area contributed by atoms with Crippen molar-refractivity contribution in [3.8, 4) is 0 Å². The second-order valence-electron chi connectivity index (χ2n) is 8.02. The minimum atomic E-state index is -1.27. The Bertz CT molecular complexity index is 1080. The highest BCUT2D eigenvalue weighted by Gasteiger charge is 2.52. The summed E-state index contributed by atoms with van der Waals surface area (Å²) in [5.74, 6) is -2.67. The summed E-state index contributed by atoms with van der Waals surface area (Å²) in [6, 6.07) is 13.5. The third-order valence-corrected chi connectivity index (χ3v) is 5.23. The minimum Gasteiger partial charge on any atom is -0.463 e. The van der Waals surface area contributed by atoms with E-state index in [4.69, 9.17) is 28.4 Å². The van der Waals surface area contributed by atoms with E-state index >= 15 is 0 Å². The summed E-state index contributed by atoms with van der Waals surface area (Å²) in [6.07, 6.45) is -6.04. The lowest BCUT2D eigenvalue weighted by Gasteiger charge is -2.44. The molecule has 188 valence electrons.